The number of carbonyl (C=O) groups excluding carboxylic acids is 1. The van der Waals surface area contributed by atoms with Crippen molar-refractivity contribution in [3.05, 3.63) is 94.5 Å². The summed E-state index contributed by atoms with van der Waals surface area (Å²) < 4.78 is 92.2. The molecular formula is C30H25F6NO4. The smallest absolute Gasteiger partial charge is 0.416 e. The minimum atomic E-state index is -5.05. The van der Waals surface area contributed by atoms with Crippen molar-refractivity contribution in [2.24, 2.45) is 0 Å². The number of morpholine rings is 1. The minimum Gasteiger partial charge on any atom is -0.448 e. The number of alkyl halides is 6. The lowest BCUT2D eigenvalue weighted by Crippen LogP contribution is -2.62. The first-order chi connectivity index (χ1) is 19.3. The van der Waals surface area contributed by atoms with Gasteiger partial charge in [0.1, 0.15) is 6.61 Å². The summed E-state index contributed by atoms with van der Waals surface area (Å²) in [4.78, 5) is 14.8. The van der Waals surface area contributed by atoms with Crippen LogP contribution in [0.1, 0.15) is 46.6 Å². The number of hydrogen-bond acceptors (Lipinski definition) is 4. The van der Waals surface area contributed by atoms with E-state index in [1.165, 1.54) is 4.90 Å². The number of nitrogens with zero attached hydrogens (tertiary/aromatic N) is 1. The van der Waals surface area contributed by atoms with Gasteiger partial charge in [-0.3, -0.25) is 4.90 Å². The molecule has 1 N–H and O–H groups in total. The molecule has 1 aliphatic carbocycles. The number of fused-ring (bicyclic) bond motifs is 5. The third-order valence-corrected chi connectivity index (χ3v) is 8.23. The molecule has 1 amide bonds. The summed E-state index contributed by atoms with van der Waals surface area (Å²) in [6.45, 7) is -0.0569. The van der Waals surface area contributed by atoms with Gasteiger partial charge in [0.2, 0.25) is 0 Å². The van der Waals surface area contributed by atoms with Crippen LogP contribution in [0.15, 0.2) is 66.7 Å². The predicted octanol–water partition coefficient (Wildman–Crippen LogP) is 6.72. The quantitative estimate of drug-likeness (QED) is 0.351. The van der Waals surface area contributed by atoms with E-state index in [4.69, 9.17) is 9.47 Å². The Morgan fingerprint density at radius 1 is 0.854 bits per heavy atom. The molecule has 216 valence electrons. The van der Waals surface area contributed by atoms with Gasteiger partial charge in [-0.25, -0.2) is 4.79 Å². The molecule has 41 heavy (non-hydrogen) atoms. The maximum absolute atomic E-state index is 13.5. The highest BCUT2D eigenvalue weighted by Crippen LogP contribution is 2.47. The third-order valence-electron chi connectivity index (χ3n) is 8.23. The van der Waals surface area contributed by atoms with Crippen LogP contribution < -0.4 is 0 Å². The van der Waals surface area contributed by atoms with Crippen molar-refractivity contribution in [1.29, 1.82) is 0 Å². The van der Waals surface area contributed by atoms with Gasteiger partial charge in [-0.05, 0) is 46.0 Å². The van der Waals surface area contributed by atoms with Gasteiger partial charge >= 0.3 is 18.4 Å². The van der Waals surface area contributed by atoms with E-state index in [0.29, 0.717) is 12.1 Å². The van der Waals surface area contributed by atoms with E-state index in [-0.39, 0.29) is 44.6 Å². The van der Waals surface area contributed by atoms with Crippen LogP contribution in [-0.2, 0) is 27.4 Å². The average Bonchev–Trinajstić information content (AvgIpc) is 3.23. The van der Waals surface area contributed by atoms with Crippen LogP contribution in [-0.4, -0.2) is 48.0 Å². The van der Waals surface area contributed by atoms with Gasteiger partial charge in [0.05, 0.1) is 42.0 Å². The lowest BCUT2D eigenvalue weighted by molar-refractivity contribution is -0.145. The highest BCUT2D eigenvalue weighted by Gasteiger charge is 2.51. The molecule has 2 bridgehead atoms. The maximum Gasteiger partial charge on any atom is 0.416 e. The van der Waals surface area contributed by atoms with E-state index >= 15 is 0 Å². The number of benzene rings is 3. The summed E-state index contributed by atoms with van der Waals surface area (Å²) in [5.74, 6) is -0.199. The fourth-order valence-electron chi connectivity index (χ4n) is 6.40. The van der Waals surface area contributed by atoms with Gasteiger partial charge in [-0.15, -0.1) is 0 Å². The molecule has 3 aromatic carbocycles. The van der Waals surface area contributed by atoms with E-state index < -0.39 is 52.8 Å². The molecule has 0 aromatic heterocycles. The molecule has 11 heteroatoms. The van der Waals surface area contributed by atoms with E-state index in [0.717, 1.165) is 22.3 Å². The van der Waals surface area contributed by atoms with Gasteiger partial charge in [0.15, 0.2) is 0 Å². The van der Waals surface area contributed by atoms with Gasteiger partial charge in [0.25, 0.3) is 0 Å². The average molecular weight is 578 g/mol. The minimum absolute atomic E-state index is 0.0304. The second-order valence-corrected chi connectivity index (χ2v) is 10.8. The Bertz CT molecular complexity index is 1390. The van der Waals surface area contributed by atoms with Crippen LogP contribution in [0.4, 0.5) is 31.1 Å². The van der Waals surface area contributed by atoms with E-state index in [9.17, 15) is 36.2 Å². The number of piperidine rings is 1. The molecule has 6 rings (SSSR count). The van der Waals surface area contributed by atoms with Crippen molar-refractivity contribution >= 4 is 6.09 Å². The molecule has 0 saturated carbocycles. The number of carbonyl (C=O) groups is 1. The summed E-state index contributed by atoms with van der Waals surface area (Å²) in [7, 11) is 0. The standard InChI is InChI=1S/C30H25F6NO4/c31-29(32,33)18-9-17(10-19(11-18)30(34,35)36)28(39)12-20-14-40-15-21(13-28)37(20)27(38)41-16-26-24-7-3-1-5-22(24)23-6-2-4-8-25(23)26/h1-11,20-21,26,39H,12-16H2. The molecule has 5 nitrogen and oxygen atoms in total. The Kier molecular flexibility index (Phi) is 6.57. The summed E-state index contributed by atoms with van der Waals surface area (Å²) >= 11 is 0. The SMILES string of the molecule is O=C(OCC1c2ccccc2-c2ccccc21)N1C2COCC1CC(O)(c1cc(C(F)(F)F)cc(C(F)(F)F)c1)C2. The predicted molar refractivity (Wildman–Crippen MR) is 135 cm³/mol. The van der Waals surface area contributed by atoms with Crippen LogP contribution in [0, 0.1) is 0 Å². The molecule has 2 atom stereocenters. The van der Waals surface area contributed by atoms with Gasteiger partial charge < -0.3 is 14.6 Å². The first-order valence-electron chi connectivity index (χ1n) is 13.1. The summed E-state index contributed by atoms with van der Waals surface area (Å²) in [6.07, 6.45) is -11.4. The van der Waals surface area contributed by atoms with Crippen molar-refractivity contribution in [1.82, 2.24) is 4.90 Å². The molecular weight excluding hydrogens is 552 g/mol. The van der Waals surface area contributed by atoms with Crippen molar-refractivity contribution < 1.29 is 45.7 Å². The Balaban J connectivity index is 1.24. The van der Waals surface area contributed by atoms with Crippen molar-refractivity contribution in [2.75, 3.05) is 19.8 Å². The number of rotatable bonds is 3. The van der Waals surface area contributed by atoms with Crippen LogP contribution >= 0.6 is 0 Å². The monoisotopic (exact) mass is 577 g/mol. The third kappa shape index (κ3) is 4.95. The Hall–Kier alpha value is -3.57. The maximum atomic E-state index is 13.5. The molecule has 0 spiro atoms. The molecule has 2 aliphatic heterocycles. The molecule has 2 heterocycles. The second-order valence-electron chi connectivity index (χ2n) is 10.8. The number of ether oxygens (including phenoxy) is 2. The first kappa shape index (κ1) is 27.6. The largest absolute Gasteiger partial charge is 0.448 e. The molecule has 2 fully saturated rings. The van der Waals surface area contributed by atoms with Crippen molar-refractivity contribution in [3.8, 4) is 11.1 Å². The van der Waals surface area contributed by atoms with E-state index in [1.807, 2.05) is 48.5 Å². The zero-order valence-corrected chi connectivity index (χ0v) is 21.5. The lowest BCUT2D eigenvalue weighted by Gasteiger charge is -2.51. The number of aliphatic hydroxyl groups is 1. The number of halogens is 6. The van der Waals surface area contributed by atoms with Crippen molar-refractivity contribution in [2.45, 2.75) is 48.8 Å². The molecule has 2 saturated heterocycles. The number of amides is 1. The lowest BCUT2D eigenvalue weighted by atomic mass is 9.76. The summed E-state index contributed by atoms with van der Waals surface area (Å²) in [5.41, 5.74) is -1.41. The molecule has 2 unspecified atom stereocenters. The summed E-state index contributed by atoms with van der Waals surface area (Å²) in [6, 6.07) is 15.1. The van der Waals surface area contributed by atoms with Crippen LogP contribution in [0.2, 0.25) is 0 Å². The highest BCUT2D eigenvalue weighted by atomic mass is 19.4. The topological polar surface area (TPSA) is 59.0 Å². The number of hydrogen-bond donors (Lipinski definition) is 1. The van der Waals surface area contributed by atoms with Gasteiger partial charge in [0, 0.05) is 18.8 Å². The zero-order chi connectivity index (χ0) is 29.2. The first-order valence-corrected chi connectivity index (χ1v) is 13.1. The zero-order valence-electron chi connectivity index (χ0n) is 21.5. The fourth-order valence-corrected chi connectivity index (χ4v) is 6.40. The van der Waals surface area contributed by atoms with Crippen LogP contribution in [0.5, 0.6) is 0 Å². The van der Waals surface area contributed by atoms with Gasteiger partial charge in [-0.1, -0.05) is 48.5 Å². The Labute approximate surface area is 231 Å². The van der Waals surface area contributed by atoms with Crippen LogP contribution in [0.25, 0.3) is 11.1 Å². The van der Waals surface area contributed by atoms with E-state index in [2.05, 4.69) is 0 Å². The van der Waals surface area contributed by atoms with Crippen LogP contribution in [0.3, 0.4) is 0 Å². The molecule has 3 aromatic rings. The molecule has 3 aliphatic rings. The fraction of sp³-hybridized carbons (Fsp3) is 0.367. The Morgan fingerprint density at radius 3 is 1.83 bits per heavy atom. The van der Waals surface area contributed by atoms with Gasteiger partial charge in [-0.2, -0.15) is 26.3 Å². The normalized spacial score (nSPS) is 24.1. The van der Waals surface area contributed by atoms with E-state index in [1.54, 1.807) is 0 Å². The highest BCUT2D eigenvalue weighted by molar-refractivity contribution is 5.79. The van der Waals surface area contributed by atoms with Crippen molar-refractivity contribution in [3.63, 3.8) is 0 Å². The Morgan fingerprint density at radius 2 is 1.34 bits per heavy atom. The molecule has 0 radical (unpaired) electrons. The summed E-state index contributed by atoms with van der Waals surface area (Å²) in [5, 5.41) is 11.5. The second kappa shape index (κ2) is 9.77.